The van der Waals surface area contributed by atoms with Gasteiger partial charge >= 0.3 is 0 Å². The molecule has 1 aliphatic rings. The van der Waals surface area contributed by atoms with Crippen LogP contribution in [0.25, 0.3) is 10.8 Å². The van der Waals surface area contributed by atoms with E-state index in [1.54, 1.807) is 7.11 Å². The summed E-state index contributed by atoms with van der Waals surface area (Å²) in [5.74, 6) is 0.873. The quantitative estimate of drug-likeness (QED) is 0.884. The van der Waals surface area contributed by atoms with Crippen molar-refractivity contribution in [2.75, 3.05) is 13.7 Å². The summed E-state index contributed by atoms with van der Waals surface area (Å²) in [4.78, 5) is 0. The molecule has 3 nitrogen and oxygen atoms in total. The minimum absolute atomic E-state index is 0.0274. The largest absolute Gasteiger partial charge is 0.497 e. The first-order valence-electron chi connectivity index (χ1n) is 7.75. The topological polar surface area (TPSA) is 41.5 Å². The van der Waals surface area contributed by atoms with Crippen LogP contribution in [0, 0.1) is 0 Å². The number of benzene rings is 2. The van der Waals surface area contributed by atoms with E-state index < -0.39 is 0 Å². The van der Waals surface area contributed by atoms with Crippen molar-refractivity contribution >= 4 is 10.8 Å². The zero-order chi connectivity index (χ0) is 14.7. The Labute approximate surface area is 125 Å². The molecular formula is C18H23NO2. The highest BCUT2D eigenvalue weighted by atomic mass is 16.5. The summed E-state index contributed by atoms with van der Waals surface area (Å²) in [5, 5.41) is 15.6. The SMILES string of the molecule is COc1ccc2cc(C(CO)NC3CCCC3)ccc2c1. The van der Waals surface area contributed by atoms with Crippen LogP contribution in [0.2, 0.25) is 0 Å². The van der Waals surface area contributed by atoms with Crippen LogP contribution in [0.4, 0.5) is 0 Å². The molecule has 1 atom stereocenters. The van der Waals surface area contributed by atoms with Crippen molar-refractivity contribution in [1.29, 1.82) is 0 Å². The van der Waals surface area contributed by atoms with Crippen LogP contribution in [-0.2, 0) is 0 Å². The third-order valence-corrected chi connectivity index (χ3v) is 4.45. The van der Waals surface area contributed by atoms with Gasteiger partial charge in [0.25, 0.3) is 0 Å². The highest BCUT2D eigenvalue weighted by molar-refractivity contribution is 5.84. The van der Waals surface area contributed by atoms with E-state index in [1.807, 2.05) is 12.1 Å². The molecule has 3 heteroatoms. The standard InChI is InChI=1S/C18H23NO2/c1-21-17-9-8-13-10-15(7-6-14(13)11-17)18(12-20)19-16-4-2-3-5-16/h6-11,16,18-20H,2-5,12H2,1H3. The number of rotatable bonds is 5. The fraction of sp³-hybridized carbons (Fsp3) is 0.444. The van der Waals surface area contributed by atoms with E-state index in [4.69, 9.17) is 4.74 Å². The molecule has 0 radical (unpaired) electrons. The second-order valence-electron chi connectivity index (χ2n) is 5.86. The van der Waals surface area contributed by atoms with Crippen LogP contribution >= 0.6 is 0 Å². The highest BCUT2D eigenvalue weighted by Gasteiger charge is 2.19. The van der Waals surface area contributed by atoms with Gasteiger partial charge in [0.05, 0.1) is 19.8 Å². The Morgan fingerprint density at radius 1 is 1.14 bits per heavy atom. The number of methoxy groups -OCH3 is 1. The fourth-order valence-electron chi connectivity index (χ4n) is 3.22. The average molecular weight is 285 g/mol. The van der Waals surface area contributed by atoms with Crippen molar-refractivity contribution in [1.82, 2.24) is 5.32 Å². The maximum absolute atomic E-state index is 9.71. The van der Waals surface area contributed by atoms with Crippen molar-refractivity contribution in [3.05, 3.63) is 42.0 Å². The van der Waals surface area contributed by atoms with E-state index in [-0.39, 0.29) is 12.6 Å². The molecule has 3 rings (SSSR count). The summed E-state index contributed by atoms with van der Waals surface area (Å²) in [7, 11) is 1.68. The molecule has 1 aliphatic carbocycles. The summed E-state index contributed by atoms with van der Waals surface area (Å²) in [6, 6.07) is 13.0. The molecule has 112 valence electrons. The van der Waals surface area contributed by atoms with Crippen LogP contribution in [0.5, 0.6) is 5.75 Å². The number of ether oxygens (including phenoxy) is 1. The molecule has 21 heavy (non-hydrogen) atoms. The van der Waals surface area contributed by atoms with Crippen LogP contribution in [0.1, 0.15) is 37.3 Å². The molecule has 1 fully saturated rings. The highest BCUT2D eigenvalue weighted by Crippen LogP contribution is 2.26. The second-order valence-corrected chi connectivity index (χ2v) is 5.86. The summed E-state index contributed by atoms with van der Waals surface area (Å²) in [6.45, 7) is 0.137. The minimum atomic E-state index is 0.0274. The van der Waals surface area contributed by atoms with Gasteiger partial charge in [-0.15, -0.1) is 0 Å². The maximum Gasteiger partial charge on any atom is 0.119 e. The Bertz CT molecular complexity index is 605. The van der Waals surface area contributed by atoms with E-state index in [0.29, 0.717) is 6.04 Å². The zero-order valence-corrected chi connectivity index (χ0v) is 12.5. The molecule has 0 bridgehead atoms. The van der Waals surface area contributed by atoms with Gasteiger partial charge < -0.3 is 15.2 Å². The van der Waals surface area contributed by atoms with Gasteiger partial charge in [0.1, 0.15) is 5.75 Å². The Balaban J connectivity index is 1.84. The second kappa shape index (κ2) is 6.46. The summed E-state index contributed by atoms with van der Waals surface area (Å²) >= 11 is 0. The molecule has 0 heterocycles. The van der Waals surface area contributed by atoms with E-state index in [2.05, 4.69) is 29.6 Å². The Morgan fingerprint density at radius 2 is 1.86 bits per heavy atom. The predicted octanol–water partition coefficient (Wildman–Crippen LogP) is 3.41. The van der Waals surface area contributed by atoms with Gasteiger partial charge in [0, 0.05) is 6.04 Å². The molecule has 2 aromatic carbocycles. The lowest BCUT2D eigenvalue weighted by atomic mass is 10.0. The first-order chi connectivity index (χ1) is 10.3. The third kappa shape index (κ3) is 3.20. The Hall–Kier alpha value is -1.58. The van der Waals surface area contributed by atoms with E-state index in [1.165, 1.54) is 31.1 Å². The molecule has 1 saturated carbocycles. The summed E-state index contributed by atoms with van der Waals surface area (Å²) < 4.78 is 5.26. The number of hydrogen-bond acceptors (Lipinski definition) is 3. The Morgan fingerprint density at radius 3 is 2.57 bits per heavy atom. The van der Waals surface area contributed by atoms with Gasteiger partial charge in [0.15, 0.2) is 0 Å². The Kier molecular flexibility index (Phi) is 4.42. The van der Waals surface area contributed by atoms with Crippen molar-refractivity contribution in [3.63, 3.8) is 0 Å². The van der Waals surface area contributed by atoms with E-state index in [0.717, 1.165) is 16.7 Å². The normalized spacial score (nSPS) is 17.2. The van der Waals surface area contributed by atoms with Gasteiger partial charge in [-0.2, -0.15) is 0 Å². The smallest absolute Gasteiger partial charge is 0.119 e. The third-order valence-electron chi connectivity index (χ3n) is 4.45. The van der Waals surface area contributed by atoms with Crippen molar-refractivity contribution in [2.45, 2.75) is 37.8 Å². The van der Waals surface area contributed by atoms with E-state index >= 15 is 0 Å². The van der Waals surface area contributed by atoms with Gasteiger partial charge in [-0.25, -0.2) is 0 Å². The molecule has 0 aliphatic heterocycles. The minimum Gasteiger partial charge on any atom is -0.497 e. The van der Waals surface area contributed by atoms with Crippen LogP contribution in [0.15, 0.2) is 36.4 Å². The molecule has 0 spiro atoms. The lowest BCUT2D eigenvalue weighted by Gasteiger charge is -2.22. The predicted molar refractivity (Wildman–Crippen MR) is 85.7 cm³/mol. The molecule has 0 aromatic heterocycles. The number of aliphatic hydroxyl groups excluding tert-OH is 1. The molecule has 0 amide bonds. The van der Waals surface area contributed by atoms with E-state index in [9.17, 15) is 5.11 Å². The number of fused-ring (bicyclic) bond motifs is 1. The van der Waals surface area contributed by atoms with Crippen molar-refractivity contribution < 1.29 is 9.84 Å². The van der Waals surface area contributed by atoms with Gasteiger partial charge in [-0.3, -0.25) is 0 Å². The fourth-order valence-corrected chi connectivity index (χ4v) is 3.22. The average Bonchev–Trinajstić information content (AvgIpc) is 3.04. The van der Waals surface area contributed by atoms with Gasteiger partial charge in [-0.05, 0) is 47.4 Å². The van der Waals surface area contributed by atoms with Crippen molar-refractivity contribution in [2.24, 2.45) is 0 Å². The molecular weight excluding hydrogens is 262 g/mol. The number of hydrogen-bond donors (Lipinski definition) is 2. The lowest BCUT2D eigenvalue weighted by Crippen LogP contribution is -2.32. The summed E-state index contributed by atoms with van der Waals surface area (Å²) in [5.41, 5.74) is 1.15. The molecule has 2 N–H and O–H groups in total. The van der Waals surface area contributed by atoms with Crippen LogP contribution in [-0.4, -0.2) is 24.9 Å². The maximum atomic E-state index is 9.71. The zero-order valence-electron chi connectivity index (χ0n) is 12.5. The first kappa shape index (κ1) is 14.4. The van der Waals surface area contributed by atoms with Crippen LogP contribution < -0.4 is 10.1 Å². The van der Waals surface area contributed by atoms with Gasteiger partial charge in [0.2, 0.25) is 0 Å². The van der Waals surface area contributed by atoms with Crippen molar-refractivity contribution in [3.8, 4) is 5.75 Å². The monoisotopic (exact) mass is 285 g/mol. The molecule has 2 aromatic rings. The molecule has 1 unspecified atom stereocenters. The molecule has 0 saturated heterocycles. The van der Waals surface area contributed by atoms with Gasteiger partial charge in [-0.1, -0.05) is 31.0 Å². The van der Waals surface area contributed by atoms with Crippen LogP contribution in [0.3, 0.4) is 0 Å². The lowest BCUT2D eigenvalue weighted by molar-refractivity contribution is 0.233. The number of aliphatic hydroxyl groups is 1. The first-order valence-corrected chi connectivity index (χ1v) is 7.75. The number of nitrogens with one attached hydrogen (secondary N) is 1. The summed E-state index contributed by atoms with van der Waals surface area (Å²) in [6.07, 6.45) is 5.04.